The fourth-order valence-electron chi connectivity index (χ4n) is 4.01. The average Bonchev–Trinajstić information content (AvgIpc) is 3.68. The summed E-state index contributed by atoms with van der Waals surface area (Å²) in [4.78, 5) is 26.7. The zero-order chi connectivity index (χ0) is 22.2. The Kier molecular flexibility index (Phi) is 6.04. The summed E-state index contributed by atoms with van der Waals surface area (Å²) in [6.07, 6.45) is 6.38. The highest BCUT2D eigenvalue weighted by molar-refractivity contribution is 7.17. The van der Waals surface area contributed by atoms with E-state index in [1.165, 1.54) is 11.3 Å². The Morgan fingerprint density at radius 1 is 1.22 bits per heavy atom. The summed E-state index contributed by atoms with van der Waals surface area (Å²) in [6, 6.07) is -0.00132. The van der Waals surface area contributed by atoms with Gasteiger partial charge in [0.1, 0.15) is 5.00 Å². The van der Waals surface area contributed by atoms with Gasteiger partial charge in [0.15, 0.2) is 11.1 Å². The van der Waals surface area contributed by atoms with Gasteiger partial charge in [-0.05, 0) is 63.4 Å². The second kappa shape index (κ2) is 8.95. The number of nitrogens with one attached hydrogen (secondary N) is 3. The van der Waals surface area contributed by atoms with E-state index < -0.39 is 11.1 Å². The molecular weight excluding hydrogens is 450 g/mol. The monoisotopic (exact) mass is 477 g/mol. The fraction of sp³-hybridized carbons (Fsp3) is 0.619. The lowest BCUT2D eigenvalue weighted by atomic mass is 9.91. The number of carbonyl (C=O) groups excluding carboxylic acids is 2. The Bertz CT molecular complexity index is 1030. The Morgan fingerprint density at radius 2 is 2.03 bits per heavy atom. The van der Waals surface area contributed by atoms with E-state index in [0.29, 0.717) is 41.9 Å². The van der Waals surface area contributed by atoms with Crippen LogP contribution in [0.4, 0.5) is 10.8 Å². The number of thiophene rings is 1. The Morgan fingerprint density at radius 3 is 2.75 bits per heavy atom. The maximum Gasteiger partial charge on any atom is 0.318 e. The summed E-state index contributed by atoms with van der Waals surface area (Å²) in [5.41, 5.74) is 1.58. The van der Waals surface area contributed by atoms with Crippen LogP contribution >= 0.6 is 22.5 Å². The van der Waals surface area contributed by atoms with E-state index in [2.05, 4.69) is 24.7 Å². The lowest BCUT2D eigenvalue weighted by Crippen LogP contribution is -2.31. The molecule has 2 saturated carbocycles. The number of hydrogen-bond donors (Lipinski definition) is 3. The van der Waals surface area contributed by atoms with Gasteiger partial charge in [-0.1, -0.05) is 0 Å². The normalized spacial score (nSPS) is 20.4. The third-order valence-corrected chi connectivity index (χ3v) is 7.94. The van der Waals surface area contributed by atoms with E-state index in [1.807, 2.05) is 6.92 Å². The molecule has 0 bridgehead atoms. The number of hydrogen-bond acceptors (Lipinski definition) is 8. The summed E-state index contributed by atoms with van der Waals surface area (Å²) in [6.45, 7) is 2.92. The number of aryl methyl sites for hydroxylation is 1. The van der Waals surface area contributed by atoms with Crippen LogP contribution in [0.1, 0.15) is 59.8 Å². The molecule has 2 amide bonds. The van der Waals surface area contributed by atoms with Crippen LogP contribution in [-0.2, 0) is 17.6 Å². The highest BCUT2D eigenvalue weighted by Crippen LogP contribution is 2.41. The topological polar surface area (TPSA) is 128 Å². The molecule has 2 heterocycles. The Hall–Kier alpha value is -2.24. The number of nitrogens with zero attached hydrogens (tertiary/aromatic N) is 2. The van der Waals surface area contributed by atoms with Crippen molar-refractivity contribution in [1.29, 1.82) is 0 Å². The number of fused-ring (bicyclic) bond motifs is 1. The van der Waals surface area contributed by atoms with Crippen LogP contribution in [0.25, 0.3) is 0 Å². The molecule has 2 atom stereocenters. The Balaban J connectivity index is 1.37. The second-order valence-corrected chi connectivity index (χ2v) is 10.6. The summed E-state index contributed by atoms with van der Waals surface area (Å²) in [5, 5.41) is 10.1. The maximum absolute atomic E-state index is 13.2. The van der Waals surface area contributed by atoms with E-state index in [9.17, 15) is 14.1 Å². The SMILES string of the molecule is CCOc1n[s+]([O-])nc1NC1CCc2sc(NC(=O)C3CC3)c(C(=O)NCC3CC3)c2C1. The van der Waals surface area contributed by atoms with Crippen LogP contribution in [0.15, 0.2) is 0 Å². The van der Waals surface area contributed by atoms with Crippen molar-refractivity contribution in [1.82, 2.24) is 14.1 Å². The Labute approximate surface area is 193 Å². The van der Waals surface area contributed by atoms with Crippen molar-refractivity contribution < 1.29 is 18.9 Å². The van der Waals surface area contributed by atoms with Crippen LogP contribution in [-0.4, -0.2) is 44.3 Å². The minimum absolute atomic E-state index is 0.00132. The highest BCUT2D eigenvalue weighted by Gasteiger charge is 2.35. The third kappa shape index (κ3) is 4.74. The standard InChI is InChI=1S/C21H27N5O4S2/c1-2-30-20-17(25-32(29)26-20)23-13-7-8-15-14(9-13)16(19(28)22-10-11-3-4-11)21(31-15)24-18(27)12-5-6-12/h11-13H,2-10H2,1H3,(H,22,28)(H,23,25)(H,24,27). The fourth-order valence-corrected chi connectivity index (χ4v) is 5.86. The van der Waals surface area contributed by atoms with Gasteiger partial charge < -0.3 is 25.2 Å². The van der Waals surface area contributed by atoms with E-state index >= 15 is 0 Å². The van der Waals surface area contributed by atoms with E-state index in [0.717, 1.165) is 49.0 Å². The first-order valence-corrected chi connectivity index (χ1v) is 13.1. The van der Waals surface area contributed by atoms with Gasteiger partial charge in [-0.15, -0.1) is 11.3 Å². The number of anilines is 2. The number of rotatable bonds is 9. The lowest BCUT2D eigenvalue weighted by Gasteiger charge is -2.23. The van der Waals surface area contributed by atoms with Gasteiger partial charge in [-0.25, -0.2) is 0 Å². The summed E-state index contributed by atoms with van der Waals surface area (Å²) in [7, 11) is 0. The summed E-state index contributed by atoms with van der Waals surface area (Å²) in [5.74, 6) is 1.21. The molecule has 0 radical (unpaired) electrons. The number of amides is 2. The first kappa shape index (κ1) is 21.6. The zero-order valence-electron chi connectivity index (χ0n) is 17.9. The zero-order valence-corrected chi connectivity index (χ0v) is 19.6. The van der Waals surface area contributed by atoms with Gasteiger partial charge in [-0.2, -0.15) is 0 Å². The number of carbonyl (C=O) groups is 2. The first-order valence-electron chi connectivity index (χ1n) is 11.2. The van der Waals surface area contributed by atoms with Crippen LogP contribution in [0.2, 0.25) is 0 Å². The van der Waals surface area contributed by atoms with Gasteiger partial charge in [0.05, 0.1) is 12.2 Å². The predicted octanol–water partition coefficient (Wildman–Crippen LogP) is 3.12. The minimum Gasteiger partial charge on any atom is -0.546 e. The first-order chi connectivity index (χ1) is 15.5. The van der Waals surface area contributed by atoms with Gasteiger partial charge in [0, 0.05) is 32.1 Å². The molecule has 2 fully saturated rings. The molecule has 0 aliphatic heterocycles. The van der Waals surface area contributed by atoms with Crippen molar-refractivity contribution in [3.63, 3.8) is 0 Å². The molecule has 3 aliphatic rings. The van der Waals surface area contributed by atoms with Gasteiger partial charge in [0.2, 0.25) is 5.91 Å². The van der Waals surface area contributed by atoms with E-state index in [4.69, 9.17) is 4.74 Å². The molecule has 3 aliphatic carbocycles. The third-order valence-electron chi connectivity index (χ3n) is 6.08. The molecule has 2 aromatic heterocycles. The molecule has 9 nitrogen and oxygen atoms in total. The molecule has 172 valence electrons. The lowest BCUT2D eigenvalue weighted by molar-refractivity contribution is -0.117. The van der Waals surface area contributed by atoms with Crippen LogP contribution in [0.3, 0.4) is 0 Å². The molecule has 32 heavy (non-hydrogen) atoms. The van der Waals surface area contributed by atoms with Gasteiger partial charge >= 0.3 is 5.88 Å². The van der Waals surface area contributed by atoms with Gasteiger partial charge in [-0.3, -0.25) is 9.59 Å². The molecule has 2 unspecified atom stereocenters. The van der Waals surface area contributed by atoms with Crippen molar-refractivity contribution in [2.45, 2.75) is 57.9 Å². The molecule has 3 N–H and O–H groups in total. The van der Waals surface area contributed by atoms with Crippen molar-refractivity contribution in [3.05, 3.63) is 16.0 Å². The van der Waals surface area contributed by atoms with E-state index in [1.54, 1.807) is 0 Å². The van der Waals surface area contributed by atoms with Crippen molar-refractivity contribution in [3.8, 4) is 5.88 Å². The highest BCUT2D eigenvalue weighted by atomic mass is 32.2. The molecular formula is C21H27N5O4S2. The summed E-state index contributed by atoms with van der Waals surface area (Å²) >= 11 is -0.150. The largest absolute Gasteiger partial charge is 0.546 e. The molecule has 0 spiro atoms. The molecule has 2 aromatic rings. The quantitative estimate of drug-likeness (QED) is 0.473. The minimum atomic E-state index is -1.67. The smallest absolute Gasteiger partial charge is 0.318 e. The van der Waals surface area contributed by atoms with Crippen LogP contribution in [0.5, 0.6) is 5.88 Å². The number of ether oxygens (including phenoxy) is 1. The molecule has 0 saturated heterocycles. The van der Waals surface area contributed by atoms with Crippen molar-refractivity contribution >= 4 is 45.1 Å². The molecule has 5 rings (SSSR count). The van der Waals surface area contributed by atoms with E-state index in [-0.39, 0.29) is 29.7 Å². The maximum atomic E-state index is 13.2. The molecule has 11 heteroatoms. The summed E-state index contributed by atoms with van der Waals surface area (Å²) < 4.78 is 25.1. The average molecular weight is 478 g/mol. The predicted molar refractivity (Wildman–Crippen MR) is 122 cm³/mol. The van der Waals surface area contributed by atoms with Crippen molar-refractivity contribution in [2.75, 3.05) is 23.8 Å². The number of aromatic nitrogens is 2. The van der Waals surface area contributed by atoms with Crippen LogP contribution in [0, 0.1) is 11.8 Å². The van der Waals surface area contributed by atoms with Gasteiger partial charge in [0.25, 0.3) is 11.7 Å². The van der Waals surface area contributed by atoms with Crippen molar-refractivity contribution in [2.24, 2.45) is 11.8 Å². The molecule has 0 aromatic carbocycles. The second-order valence-electron chi connectivity index (χ2n) is 8.71. The van der Waals surface area contributed by atoms with Crippen LogP contribution < -0.4 is 20.7 Å².